The Balaban J connectivity index is 2.46. The highest BCUT2D eigenvalue weighted by Crippen LogP contribution is 2.12. The van der Waals surface area contributed by atoms with Crippen molar-refractivity contribution in [1.82, 2.24) is 4.90 Å². The maximum atomic E-state index is 5.69. The average molecular weight is 270 g/mol. The van der Waals surface area contributed by atoms with Gasteiger partial charge in [0.05, 0.1) is 26.0 Å². The minimum Gasteiger partial charge on any atom is -0.468 e. The number of rotatable bonds is 11. The molecular weight excluding hydrogens is 244 g/mol. The Bertz CT molecular complexity index is 318. The molecule has 0 unspecified atom stereocenters. The quantitative estimate of drug-likeness (QED) is 0.619. The lowest BCUT2D eigenvalue weighted by Crippen LogP contribution is -2.31. The molecule has 0 radical (unpaired) electrons. The molecule has 0 saturated carbocycles. The van der Waals surface area contributed by atoms with Crippen LogP contribution in [0.25, 0.3) is 0 Å². The van der Waals surface area contributed by atoms with Crippen molar-refractivity contribution < 1.29 is 13.9 Å². The topological polar surface area (TPSA) is 60.9 Å². The van der Waals surface area contributed by atoms with Crippen molar-refractivity contribution in [2.24, 2.45) is 5.73 Å². The summed E-state index contributed by atoms with van der Waals surface area (Å²) < 4.78 is 16.3. The van der Waals surface area contributed by atoms with Gasteiger partial charge in [0.2, 0.25) is 0 Å². The fourth-order valence-corrected chi connectivity index (χ4v) is 1.84. The van der Waals surface area contributed by atoms with E-state index >= 15 is 0 Å². The first kappa shape index (κ1) is 16.2. The fraction of sp³-hybridized carbons (Fsp3) is 0.714. The third-order valence-corrected chi connectivity index (χ3v) is 2.94. The van der Waals surface area contributed by atoms with E-state index in [9.17, 15) is 0 Å². The lowest BCUT2D eigenvalue weighted by molar-refractivity contribution is 0.0767. The molecule has 0 fully saturated rings. The van der Waals surface area contributed by atoms with Gasteiger partial charge in [-0.3, -0.25) is 4.90 Å². The third-order valence-electron chi connectivity index (χ3n) is 2.94. The Labute approximate surface area is 115 Å². The van der Waals surface area contributed by atoms with Gasteiger partial charge in [-0.25, -0.2) is 0 Å². The van der Waals surface area contributed by atoms with Crippen LogP contribution in [0.15, 0.2) is 16.7 Å². The van der Waals surface area contributed by atoms with Gasteiger partial charge in [0.15, 0.2) is 0 Å². The van der Waals surface area contributed by atoms with E-state index in [0.717, 1.165) is 57.4 Å². The predicted octanol–water partition coefficient (Wildman–Crippen LogP) is 1.61. The Hall–Kier alpha value is -0.880. The van der Waals surface area contributed by atoms with Crippen LogP contribution >= 0.6 is 0 Å². The lowest BCUT2D eigenvalue weighted by atomic mass is 10.2. The van der Waals surface area contributed by atoms with Gasteiger partial charge in [-0.1, -0.05) is 0 Å². The first-order chi connectivity index (χ1) is 9.31. The van der Waals surface area contributed by atoms with Crippen molar-refractivity contribution in [1.29, 1.82) is 0 Å². The SMILES string of the molecule is CCOCCN(CCOCC)Cc1occc1CN. The van der Waals surface area contributed by atoms with Crippen LogP contribution in [0.3, 0.4) is 0 Å². The normalized spacial score (nSPS) is 11.4. The van der Waals surface area contributed by atoms with Crippen molar-refractivity contribution >= 4 is 0 Å². The van der Waals surface area contributed by atoms with Gasteiger partial charge in [0.25, 0.3) is 0 Å². The van der Waals surface area contributed by atoms with E-state index in [0.29, 0.717) is 6.54 Å². The van der Waals surface area contributed by atoms with Crippen molar-refractivity contribution in [2.45, 2.75) is 26.9 Å². The number of nitrogens with two attached hydrogens (primary N) is 1. The molecule has 0 bridgehead atoms. The van der Waals surface area contributed by atoms with Crippen molar-refractivity contribution in [3.05, 3.63) is 23.7 Å². The molecule has 0 spiro atoms. The second kappa shape index (κ2) is 9.97. The van der Waals surface area contributed by atoms with Gasteiger partial charge in [0.1, 0.15) is 5.76 Å². The van der Waals surface area contributed by atoms with Crippen LogP contribution in [0, 0.1) is 0 Å². The molecule has 0 atom stereocenters. The molecule has 5 nitrogen and oxygen atoms in total. The van der Waals surface area contributed by atoms with E-state index in [2.05, 4.69) is 4.90 Å². The van der Waals surface area contributed by atoms with E-state index in [-0.39, 0.29) is 0 Å². The molecule has 0 saturated heterocycles. The van der Waals surface area contributed by atoms with Gasteiger partial charge in [-0.15, -0.1) is 0 Å². The third kappa shape index (κ3) is 6.20. The Kier molecular flexibility index (Phi) is 8.49. The molecule has 1 aromatic rings. The van der Waals surface area contributed by atoms with Gasteiger partial charge in [0, 0.05) is 38.4 Å². The van der Waals surface area contributed by atoms with Crippen LogP contribution in [0.4, 0.5) is 0 Å². The summed E-state index contributed by atoms with van der Waals surface area (Å²) in [5.74, 6) is 0.940. The summed E-state index contributed by atoms with van der Waals surface area (Å²) in [4.78, 5) is 2.27. The predicted molar refractivity (Wildman–Crippen MR) is 74.9 cm³/mol. The number of nitrogens with zero attached hydrogens (tertiary/aromatic N) is 1. The zero-order valence-electron chi connectivity index (χ0n) is 12.1. The summed E-state index contributed by atoms with van der Waals surface area (Å²) in [6.07, 6.45) is 1.70. The number of ether oxygens (including phenoxy) is 2. The van der Waals surface area contributed by atoms with Crippen LogP contribution in [0.1, 0.15) is 25.2 Å². The minimum absolute atomic E-state index is 0.511. The zero-order valence-corrected chi connectivity index (χ0v) is 12.1. The maximum absolute atomic E-state index is 5.69. The largest absolute Gasteiger partial charge is 0.468 e. The second-order valence-corrected chi connectivity index (χ2v) is 4.24. The molecular formula is C14H26N2O3. The first-order valence-electron chi connectivity index (χ1n) is 6.94. The molecule has 1 heterocycles. The lowest BCUT2D eigenvalue weighted by Gasteiger charge is -2.21. The number of hydrogen-bond donors (Lipinski definition) is 1. The van der Waals surface area contributed by atoms with E-state index < -0.39 is 0 Å². The van der Waals surface area contributed by atoms with E-state index in [1.165, 1.54) is 0 Å². The fourth-order valence-electron chi connectivity index (χ4n) is 1.84. The summed E-state index contributed by atoms with van der Waals surface area (Å²) in [6, 6.07) is 1.93. The molecule has 110 valence electrons. The van der Waals surface area contributed by atoms with E-state index in [1.807, 2.05) is 19.9 Å². The van der Waals surface area contributed by atoms with Crippen molar-refractivity contribution in [2.75, 3.05) is 39.5 Å². The molecule has 5 heteroatoms. The molecule has 1 aromatic heterocycles. The summed E-state index contributed by atoms with van der Waals surface area (Å²) in [5, 5.41) is 0. The molecule has 0 aromatic carbocycles. The molecule has 1 rings (SSSR count). The maximum Gasteiger partial charge on any atom is 0.122 e. The summed E-state index contributed by atoms with van der Waals surface area (Å²) in [5.41, 5.74) is 6.75. The average Bonchev–Trinajstić information content (AvgIpc) is 2.86. The van der Waals surface area contributed by atoms with Gasteiger partial charge >= 0.3 is 0 Å². The highest BCUT2D eigenvalue weighted by molar-refractivity contribution is 5.16. The second-order valence-electron chi connectivity index (χ2n) is 4.24. The molecule has 0 amide bonds. The molecule has 19 heavy (non-hydrogen) atoms. The van der Waals surface area contributed by atoms with Crippen LogP contribution in [-0.2, 0) is 22.6 Å². The highest BCUT2D eigenvalue weighted by atomic mass is 16.5. The summed E-state index contributed by atoms with van der Waals surface area (Å²) >= 11 is 0. The Morgan fingerprint density at radius 2 is 1.79 bits per heavy atom. The van der Waals surface area contributed by atoms with Crippen molar-refractivity contribution in [3.63, 3.8) is 0 Å². The standard InChI is InChI=1S/C14H26N2O3/c1-3-17-9-6-16(7-10-18-4-2)12-14-13(11-15)5-8-19-14/h5,8H,3-4,6-7,9-12,15H2,1-2H3. The van der Waals surface area contributed by atoms with Gasteiger partial charge < -0.3 is 19.6 Å². The van der Waals surface area contributed by atoms with E-state index in [1.54, 1.807) is 6.26 Å². The van der Waals surface area contributed by atoms with Crippen LogP contribution in [-0.4, -0.2) is 44.4 Å². The monoisotopic (exact) mass is 270 g/mol. The summed E-state index contributed by atoms with van der Waals surface area (Å²) in [7, 11) is 0. The highest BCUT2D eigenvalue weighted by Gasteiger charge is 2.11. The molecule has 0 aliphatic carbocycles. The van der Waals surface area contributed by atoms with Gasteiger partial charge in [-0.2, -0.15) is 0 Å². The van der Waals surface area contributed by atoms with Gasteiger partial charge in [-0.05, 0) is 19.9 Å². The number of hydrogen-bond acceptors (Lipinski definition) is 5. The van der Waals surface area contributed by atoms with Crippen LogP contribution < -0.4 is 5.73 Å². The number of furan rings is 1. The zero-order chi connectivity index (χ0) is 13.9. The van der Waals surface area contributed by atoms with E-state index in [4.69, 9.17) is 19.6 Å². The Morgan fingerprint density at radius 3 is 2.32 bits per heavy atom. The Morgan fingerprint density at radius 1 is 1.16 bits per heavy atom. The molecule has 0 aliphatic rings. The minimum atomic E-state index is 0.511. The van der Waals surface area contributed by atoms with Crippen LogP contribution in [0.5, 0.6) is 0 Å². The molecule has 2 N–H and O–H groups in total. The first-order valence-corrected chi connectivity index (χ1v) is 6.94. The summed E-state index contributed by atoms with van der Waals surface area (Å²) in [6.45, 7) is 9.94. The smallest absolute Gasteiger partial charge is 0.122 e. The van der Waals surface area contributed by atoms with Crippen LogP contribution in [0.2, 0.25) is 0 Å². The van der Waals surface area contributed by atoms with Crippen molar-refractivity contribution in [3.8, 4) is 0 Å². The molecule has 0 aliphatic heterocycles.